The number of aromatic nitrogens is 2. The number of benzene rings is 1. The van der Waals surface area contributed by atoms with Gasteiger partial charge in [0.1, 0.15) is 5.69 Å². The molecule has 0 spiro atoms. The Morgan fingerprint density at radius 2 is 1.67 bits per heavy atom. The molecule has 0 radical (unpaired) electrons. The highest BCUT2D eigenvalue weighted by atomic mass is 32.2. The maximum absolute atomic E-state index is 13.0. The Balaban J connectivity index is 1.58. The van der Waals surface area contributed by atoms with Crippen molar-refractivity contribution in [2.24, 2.45) is 7.05 Å². The molecule has 2 aliphatic heterocycles. The van der Waals surface area contributed by atoms with Crippen LogP contribution < -0.4 is 5.56 Å². The highest BCUT2D eigenvalue weighted by Crippen LogP contribution is 2.40. The zero-order valence-corrected chi connectivity index (χ0v) is 15.8. The van der Waals surface area contributed by atoms with Crippen molar-refractivity contribution in [3.8, 4) is 0 Å². The normalized spacial score (nSPS) is 24.8. The number of carbonyl (C=O) groups excluding carboxylic acids is 1. The Kier molecular flexibility index (Phi) is 4.38. The van der Waals surface area contributed by atoms with Crippen LogP contribution in [0.1, 0.15) is 36.2 Å². The first kappa shape index (κ1) is 17.9. The SMILES string of the molecule is Cn1nc(C(=O)N2[C@H]3CC[C@H]2CC(S(=O)(=O)c2ccccc2)C3)ccc1=O. The van der Waals surface area contributed by atoms with Crippen LogP contribution in [-0.2, 0) is 16.9 Å². The third kappa shape index (κ3) is 3.07. The molecule has 0 aliphatic carbocycles. The van der Waals surface area contributed by atoms with E-state index >= 15 is 0 Å². The van der Waals surface area contributed by atoms with E-state index in [9.17, 15) is 18.0 Å². The largest absolute Gasteiger partial charge is 0.331 e. The lowest BCUT2D eigenvalue weighted by Gasteiger charge is -2.38. The summed E-state index contributed by atoms with van der Waals surface area (Å²) < 4.78 is 27.1. The summed E-state index contributed by atoms with van der Waals surface area (Å²) in [5, 5.41) is 3.58. The number of amides is 1. The molecule has 1 aromatic carbocycles. The van der Waals surface area contributed by atoms with Gasteiger partial charge in [0.2, 0.25) is 0 Å². The van der Waals surface area contributed by atoms with Crippen molar-refractivity contribution in [3.05, 3.63) is 58.5 Å². The number of sulfone groups is 1. The van der Waals surface area contributed by atoms with Crippen LogP contribution >= 0.6 is 0 Å². The van der Waals surface area contributed by atoms with Gasteiger partial charge in [0.15, 0.2) is 9.84 Å². The zero-order chi connectivity index (χ0) is 19.2. The number of carbonyl (C=O) groups is 1. The van der Waals surface area contributed by atoms with Gasteiger partial charge in [0.25, 0.3) is 11.5 Å². The lowest BCUT2D eigenvalue weighted by atomic mass is 10.0. The number of fused-ring (bicyclic) bond motifs is 2. The maximum atomic E-state index is 13.0. The van der Waals surface area contributed by atoms with Crippen LogP contribution in [-0.4, -0.2) is 46.3 Å². The molecule has 1 aromatic heterocycles. The van der Waals surface area contributed by atoms with Gasteiger partial charge in [-0.2, -0.15) is 5.10 Å². The van der Waals surface area contributed by atoms with E-state index in [4.69, 9.17) is 0 Å². The Hall–Kier alpha value is -2.48. The highest BCUT2D eigenvalue weighted by molar-refractivity contribution is 7.92. The summed E-state index contributed by atoms with van der Waals surface area (Å²) in [5.74, 6) is -0.228. The van der Waals surface area contributed by atoms with Crippen molar-refractivity contribution in [2.45, 2.75) is 47.9 Å². The van der Waals surface area contributed by atoms with Crippen molar-refractivity contribution >= 4 is 15.7 Å². The molecule has 2 atom stereocenters. The average molecular weight is 387 g/mol. The lowest BCUT2D eigenvalue weighted by Crippen LogP contribution is -2.50. The van der Waals surface area contributed by atoms with Crippen LogP contribution in [0.5, 0.6) is 0 Å². The lowest BCUT2D eigenvalue weighted by molar-refractivity contribution is 0.0589. The van der Waals surface area contributed by atoms with Crippen LogP contribution in [0.4, 0.5) is 0 Å². The molecule has 2 fully saturated rings. The topological polar surface area (TPSA) is 89.3 Å². The molecule has 4 rings (SSSR count). The third-order valence-corrected chi connectivity index (χ3v) is 7.81. The standard InChI is InChI=1S/C19H21N3O4S/c1-21-18(23)10-9-17(20-21)19(24)22-13-7-8-14(22)12-16(11-13)27(25,26)15-5-3-2-4-6-15/h2-6,9-10,13-14,16H,7-8,11-12H2,1H3/t13-,14-/m0/s1. The second-order valence-electron chi connectivity index (χ2n) is 7.23. The van der Waals surface area contributed by atoms with E-state index < -0.39 is 15.1 Å². The number of hydrogen-bond donors (Lipinski definition) is 0. The zero-order valence-electron chi connectivity index (χ0n) is 15.0. The summed E-state index contributed by atoms with van der Waals surface area (Å²) in [6.07, 6.45) is 2.46. The second kappa shape index (κ2) is 6.60. The number of nitrogens with zero attached hydrogens (tertiary/aromatic N) is 3. The summed E-state index contributed by atoms with van der Waals surface area (Å²) >= 11 is 0. The molecule has 0 N–H and O–H groups in total. The summed E-state index contributed by atoms with van der Waals surface area (Å²) in [4.78, 5) is 26.6. The van der Waals surface area contributed by atoms with Crippen LogP contribution in [0, 0.1) is 0 Å². The van der Waals surface area contributed by atoms with Gasteiger partial charge >= 0.3 is 0 Å². The van der Waals surface area contributed by atoms with E-state index in [0.717, 1.165) is 17.5 Å². The summed E-state index contributed by atoms with van der Waals surface area (Å²) in [6, 6.07) is 11.1. The number of piperidine rings is 1. The molecule has 7 nitrogen and oxygen atoms in total. The van der Waals surface area contributed by atoms with Crippen molar-refractivity contribution < 1.29 is 13.2 Å². The molecule has 1 amide bonds. The summed E-state index contributed by atoms with van der Waals surface area (Å²) in [5.41, 5.74) is -0.0550. The van der Waals surface area contributed by atoms with Crippen molar-refractivity contribution in [3.63, 3.8) is 0 Å². The molecule has 0 saturated carbocycles. The maximum Gasteiger partial charge on any atom is 0.274 e. The minimum absolute atomic E-state index is 0.112. The first-order valence-electron chi connectivity index (χ1n) is 9.04. The molecule has 27 heavy (non-hydrogen) atoms. The predicted octanol–water partition coefficient (Wildman–Crippen LogP) is 1.39. The van der Waals surface area contributed by atoms with Crippen LogP contribution in [0.3, 0.4) is 0 Å². The Bertz CT molecular complexity index is 1020. The highest BCUT2D eigenvalue weighted by Gasteiger charge is 2.47. The van der Waals surface area contributed by atoms with Gasteiger partial charge in [0, 0.05) is 25.2 Å². The van der Waals surface area contributed by atoms with Crippen molar-refractivity contribution in [1.82, 2.24) is 14.7 Å². The quantitative estimate of drug-likeness (QED) is 0.794. The van der Waals surface area contributed by atoms with Crippen LogP contribution in [0.25, 0.3) is 0 Å². The minimum Gasteiger partial charge on any atom is -0.331 e. The molecule has 2 saturated heterocycles. The van der Waals surface area contributed by atoms with E-state index in [2.05, 4.69) is 5.10 Å². The molecule has 3 heterocycles. The van der Waals surface area contributed by atoms with Gasteiger partial charge in [-0.25, -0.2) is 13.1 Å². The minimum atomic E-state index is -3.41. The number of aryl methyl sites for hydroxylation is 1. The predicted molar refractivity (Wildman–Crippen MR) is 99.1 cm³/mol. The Labute approximate surface area is 157 Å². The average Bonchev–Trinajstić information content (AvgIpc) is 2.93. The first-order valence-corrected chi connectivity index (χ1v) is 10.6. The monoisotopic (exact) mass is 387 g/mol. The van der Waals surface area contributed by atoms with Crippen LogP contribution in [0.15, 0.2) is 52.2 Å². The van der Waals surface area contributed by atoms with Crippen molar-refractivity contribution in [2.75, 3.05) is 0 Å². The van der Waals surface area contributed by atoms with E-state index in [1.54, 1.807) is 35.2 Å². The summed E-state index contributed by atoms with van der Waals surface area (Å²) in [6.45, 7) is 0. The molecular formula is C19H21N3O4S. The molecule has 142 valence electrons. The molecule has 2 aromatic rings. The fourth-order valence-corrected chi connectivity index (χ4v) is 6.14. The smallest absolute Gasteiger partial charge is 0.274 e. The van der Waals surface area contributed by atoms with E-state index in [0.29, 0.717) is 17.7 Å². The van der Waals surface area contributed by atoms with Crippen LogP contribution in [0.2, 0.25) is 0 Å². The molecule has 2 aliphatic rings. The van der Waals surface area contributed by atoms with Gasteiger partial charge in [-0.1, -0.05) is 18.2 Å². The Morgan fingerprint density at radius 3 is 2.26 bits per heavy atom. The van der Waals surface area contributed by atoms with E-state index in [1.807, 2.05) is 0 Å². The number of rotatable bonds is 3. The first-order chi connectivity index (χ1) is 12.9. The molecule has 2 bridgehead atoms. The fourth-order valence-electron chi connectivity index (χ4n) is 4.26. The second-order valence-corrected chi connectivity index (χ2v) is 9.46. The van der Waals surface area contributed by atoms with Gasteiger partial charge in [-0.15, -0.1) is 0 Å². The fraction of sp³-hybridized carbons (Fsp3) is 0.421. The third-order valence-electron chi connectivity index (χ3n) is 5.61. The van der Waals surface area contributed by atoms with Gasteiger partial charge < -0.3 is 4.90 Å². The van der Waals surface area contributed by atoms with E-state index in [-0.39, 0.29) is 29.2 Å². The molecule has 0 unspecified atom stereocenters. The summed E-state index contributed by atoms with van der Waals surface area (Å²) in [7, 11) is -1.91. The molecule has 8 heteroatoms. The Morgan fingerprint density at radius 1 is 1.04 bits per heavy atom. The number of hydrogen-bond acceptors (Lipinski definition) is 5. The van der Waals surface area contributed by atoms with Gasteiger partial charge in [-0.3, -0.25) is 9.59 Å². The van der Waals surface area contributed by atoms with Gasteiger partial charge in [0.05, 0.1) is 10.1 Å². The van der Waals surface area contributed by atoms with Gasteiger partial charge in [-0.05, 0) is 43.9 Å². The molecular weight excluding hydrogens is 366 g/mol. The van der Waals surface area contributed by atoms with E-state index in [1.165, 1.54) is 19.2 Å². The van der Waals surface area contributed by atoms with Crippen molar-refractivity contribution in [1.29, 1.82) is 0 Å².